The molecule has 1 heterocycles. The summed E-state index contributed by atoms with van der Waals surface area (Å²) in [6.07, 6.45) is 1.46. The molecule has 0 radical (unpaired) electrons. The van der Waals surface area contributed by atoms with Crippen LogP contribution in [0.1, 0.15) is 5.69 Å². The normalized spacial score (nSPS) is 11.6. The van der Waals surface area contributed by atoms with Crippen LogP contribution in [0.5, 0.6) is 0 Å². The van der Waals surface area contributed by atoms with Gasteiger partial charge in [0.1, 0.15) is 10.7 Å². The van der Waals surface area contributed by atoms with Gasteiger partial charge in [-0.05, 0) is 40.2 Å². The van der Waals surface area contributed by atoms with Crippen LogP contribution >= 0.6 is 15.9 Å². The Balaban J connectivity index is 2.37. The van der Waals surface area contributed by atoms with Gasteiger partial charge in [-0.25, -0.2) is 12.8 Å². The summed E-state index contributed by atoms with van der Waals surface area (Å²) in [4.78, 5) is 0.0802. The second-order valence-corrected chi connectivity index (χ2v) is 6.75. The fraction of sp³-hybridized carbons (Fsp3) is 0.167. The van der Waals surface area contributed by atoms with Gasteiger partial charge in [-0.2, -0.15) is 0 Å². The molecule has 1 aromatic carbocycles. The van der Waals surface area contributed by atoms with Gasteiger partial charge in [-0.15, -0.1) is 0 Å². The molecular formula is C12H13BrFN3O2S. The number of nitrogens with one attached hydrogen (secondary N) is 1. The number of hydrogen-bond acceptors (Lipinski definition) is 3. The van der Waals surface area contributed by atoms with Crippen LogP contribution in [0.25, 0.3) is 0 Å². The van der Waals surface area contributed by atoms with Gasteiger partial charge in [0.15, 0.2) is 0 Å². The number of nitrogens with two attached hydrogens (primary N) is 1. The first-order chi connectivity index (χ1) is 9.33. The summed E-state index contributed by atoms with van der Waals surface area (Å²) in [5, 5.41) is 0. The lowest BCUT2D eigenvalue weighted by molar-refractivity contribution is 0.601. The summed E-state index contributed by atoms with van der Waals surface area (Å²) in [5.74, 6) is -0.526. The lowest BCUT2D eigenvalue weighted by atomic mass is 10.3. The SMILES string of the molecule is Cn1cc(S(=O)(=O)Nc2cc(F)ccc2Br)cc1CN. The van der Waals surface area contributed by atoms with Crippen molar-refractivity contribution in [3.63, 3.8) is 0 Å². The number of benzene rings is 1. The summed E-state index contributed by atoms with van der Waals surface area (Å²) < 4.78 is 42.1. The molecule has 0 unspecified atom stereocenters. The Morgan fingerprint density at radius 1 is 1.40 bits per heavy atom. The van der Waals surface area contributed by atoms with Crippen LogP contribution in [-0.2, 0) is 23.6 Å². The Morgan fingerprint density at radius 3 is 2.70 bits per heavy atom. The third-order valence-corrected chi connectivity index (χ3v) is 4.80. The average molecular weight is 362 g/mol. The van der Waals surface area contributed by atoms with Crippen LogP contribution in [0, 0.1) is 5.82 Å². The van der Waals surface area contributed by atoms with Crippen molar-refractivity contribution >= 4 is 31.6 Å². The monoisotopic (exact) mass is 361 g/mol. The first kappa shape index (κ1) is 15.0. The van der Waals surface area contributed by atoms with Crippen molar-refractivity contribution in [3.8, 4) is 0 Å². The second-order valence-electron chi connectivity index (χ2n) is 4.21. The van der Waals surface area contributed by atoms with E-state index in [-0.39, 0.29) is 17.1 Å². The van der Waals surface area contributed by atoms with Crippen molar-refractivity contribution in [2.24, 2.45) is 12.8 Å². The molecular weight excluding hydrogens is 349 g/mol. The van der Waals surface area contributed by atoms with Gasteiger partial charge in [0.25, 0.3) is 10.0 Å². The number of hydrogen-bond donors (Lipinski definition) is 2. The highest BCUT2D eigenvalue weighted by atomic mass is 79.9. The Kier molecular flexibility index (Phi) is 4.17. The predicted molar refractivity (Wildman–Crippen MR) is 78.2 cm³/mol. The van der Waals surface area contributed by atoms with E-state index >= 15 is 0 Å². The van der Waals surface area contributed by atoms with Crippen molar-refractivity contribution in [2.45, 2.75) is 11.4 Å². The van der Waals surface area contributed by atoms with E-state index in [4.69, 9.17) is 5.73 Å². The summed E-state index contributed by atoms with van der Waals surface area (Å²) >= 11 is 3.17. The number of nitrogens with zero attached hydrogens (tertiary/aromatic N) is 1. The molecule has 0 amide bonds. The maximum absolute atomic E-state index is 13.2. The molecule has 0 aliphatic heterocycles. The first-order valence-electron chi connectivity index (χ1n) is 5.66. The Hall–Kier alpha value is -1.38. The minimum atomic E-state index is -3.79. The summed E-state index contributed by atoms with van der Waals surface area (Å²) in [7, 11) is -2.08. The van der Waals surface area contributed by atoms with Crippen molar-refractivity contribution in [2.75, 3.05) is 4.72 Å². The molecule has 8 heteroatoms. The van der Waals surface area contributed by atoms with Gasteiger partial charge in [-0.1, -0.05) is 0 Å². The molecule has 0 aliphatic carbocycles. The van der Waals surface area contributed by atoms with E-state index < -0.39 is 15.8 Å². The second kappa shape index (κ2) is 5.55. The molecule has 0 bridgehead atoms. The molecule has 0 spiro atoms. The van der Waals surface area contributed by atoms with E-state index in [1.54, 1.807) is 11.6 Å². The third-order valence-electron chi connectivity index (χ3n) is 2.77. The molecule has 20 heavy (non-hydrogen) atoms. The maximum atomic E-state index is 13.2. The van der Waals surface area contributed by atoms with Crippen LogP contribution < -0.4 is 10.5 Å². The molecule has 5 nitrogen and oxygen atoms in total. The molecule has 2 aromatic rings. The Morgan fingerprint density at radius 2 is 2.10 bits per heavy atom. The fourth-order valence-corrected chi connectivity index (χ4v) is 3.35. The largest absolute Gasteiger partial charge is 0.352 e. The fourth-order valence-electron chi connectivity index (χ4n) is 1.71. The minimum absolute atomic E-state index is 0.0802. The molecule has 0 saturated carbocycles. The predicted octanol–water partition coefficient (Wildman–Crippen LogP) is 2.19. The van der Waals surface area contributed by atoms with Crippen LogP contribution in [0.3, 0.4) is 0 Å². The zero-order valence-electron chi connectivity index (χ0n) is 10.6. The lowest BCUT2D eigenvalue weighted by Gasteiger charge is -2.08. The van der Waals surface area contributed by atoms with Crippen molar-refractivity contribution < 1.29 is 12.8 Å². The standard InChI is InChI=1S/C12H13BrFN3O2S/c1-17-7-10(5-9(17)6-15)20(18,19)16-12-4-8(14)2-3-11(12)13/h2-5,7,16H,6,15H2,1H3. The quantitative estimate of drug-likeness (QED) is 0.875. The van der Waals surface area contributed by atoms with E-state index in [2.05, 4.69) is 20.7 Å². The molecule has 0 atom stereocenters. The van der Waals surface area contributed by atoms with Crippen LogP contribution in [0.2, 0.25) is 0 Å². The molecule has 0 saturated heterocycles. The van der Waals surface area contributed by atoms with Crippen LogP contribution in [-0.4, -0.2) is 13.0 Å². The van der Waals surface area contributed by atoms with Gasteiger partial charge in [0.2, 0.25) is 0 Å². The minimum Gasteiger partial charge on any atom is -0.352 e. The molecule has 1 aromatic heterocycles. The van der Waals surface area contributed by atoms with E-state index in [1.165, 1.54) is 24.4 Å². The zero-order chi connectivity index (χ0) is 14.9. The molecule has 0 fully saturated rings. The van der Waals surface area contributed by atoms with Gasteiger partial charge in [-0.3, -0.25) is 4.72 Å². The number of rotatable bonds is 4. The highest BCUT2D eigenvalue weighted by molar-refractivity contribution is 9.10. The number of aromatic nitrogens is 1. The van der Waals surface area contributed by atoms with Crippen molar-refractivity contribution in [1.29, 1.82) is 0 Å². The number of halogens is 2. The third kappa shape index (κ3) is 3.02. The van der Waals surface area contributed by atoms with Crippen molar-refractivity contribution in [3.05, 3.63) is 46.4 Å². The van der Waals surface area contributed by atoms with Gasteiger partial charge < -0.3 is 10.3 Å². The molecule has 3 N–H and O–H groups in total. The Bertz CT molecular complexity index is 743. The molecule has 2 rings (SSSR count). The number of aryl methyl sites for hydroxylation is 1. The highest BCUT2D eigenvalue weighted by Gasteiger charge is 2.18. The van der Waals surface area contributed by atoms with Crippen LogP contribution in [0.15, 0.2) is 39.8 Å². The number of sulfonamides is 1. The van der Waals surface area contributed by atoms with E-state index in [1.807, 2.05) is 0 Å². The van der Waals surface area contributed by atoms with Crippen molar-refractivity contribution in [1.82, 2.24) is 4.57 Å². The summed E-state index contributed by atoms with van der Waals surface area (Å²) in [5.41, 5.74) is 6.34. The maximum Gasteiger partial charge on any atom is 0.263 e. The average Bonchev–Trinajstić information content (AvgIpc) is 2.76. The number of anilines is 1. The van der Waals surface area contributed by atoms with E-state index in [9.17, 15) is 12.8 Å². The topological polar surface area (TPSA) is 77.1 Å². The molecule has 108 valence electrons. The summed E-state index contributed by atoms with van der Waals surface area (Å²) in [6.45, 7) is 0.232. The zero-order valence-corrected chi connectivity index (χ0v) is 13.0. The van der Waals surface area contributed by atoms with Gasteiger partial charge >= 0.3 is 0 Å². The highest BCUT2D eigenvalue weighted by Crippen LogP contribution is 2.26. The summed E-state index contributed by atoms with van der Waals surface area (Å²) in [6, 6.07) is 5.25. The Labute approximate surface area is 124 Å². The smallest absolute Gasteiger partial charge is 0.263 e. The van der Waals surface area contributed by atoms with Gasteiger partial charge in [0, 0.05) is 30.0 Å². The van der Waals surface area contributed by atoms with E-state index in [0.717, 1.165) is 6.07 Å². The van der Waals surface area contributed by atoms with E-state index in [0.29, 0.717) is 10.2 Å². The lowest BCUT2D eigenvalue weighted by Crippen LogP contribution is -2.12. The first-order valence-corrected chi connectivity index (χ1v) is 7.94. The van der Waals surface area contributed by atoms with Crippen LogP contribution in [0.4, 0.5) is 10.1 Å². The molecule has 0 aliphatic rings. The van der Waals surface area contributed by atoms with Gasteiger partial charge in [0.05, 0.1) is 5.69 Å².